The molecular formula is C21H22N4. The summed E-state index contributed by atoms with van der Waals surface area (Å²) < 4.78 is 0. The van der Waals surface area contributed by atoms with Crippen molar-refractivity contribution in [1.29, 1.82) is 0 Å². The summed E-state index contributed by atoms with van der Waals surface area (Å²) in [6, 6.07) is 12.6. The molecule has 0 saturated heterocycles. The van der Waals surface area contributed by atoms with Gasteiger partial charge in [-0.3, -0.25) is 15.1 Å². The predicted octanol–water partition coefficient (Wildman–Crippen LogP) is 4.94. The fourth-order valence-electron chi connectivity index (χ4n) is 2.79. The SMILES string of the molecule is C/C=C(\C=NCC)c1cccc(-c2ccc(-c3cn[nH]c3)c(C)n2)c1. The van der Waals surface area contributed by atoms with Gasteiger partial charge in [-0.15, -0.1) is 0 Å². The van der Waals surface area contributed by atoms with E-state index in [1.54, 1.807) is 0 Å². The molecule has 25 heavy (non-hydrogen) atoms. The Balaban J connectivity index is 1.96. The fraction of sp³-hybridized carbons (Fsp3) is 0.190. The number of rotatable bonds is 5. The molecular weight excluding hydrogens is 308 g/mol. The number of nitrogens with one attached hydrogen (secondary N) is 1. The van der Waals surface area contributed by atoms with E-state index in [2.05, 4.69) is 57.7 Å². The standard InChI is InChI=1S/C21H22N4/c1-4-16(12-22-5-2)17-7-6-8-18(11-17)21-10-9-20(15(3)25-21)19-13-23-24-14-19/h4,6-14H,5H2,1-3H3,(H,23,24)/b16-4+,22-12?. The maximum atomic E-state index is 4.79. The molecule has 0 amide bonds. The van der Waals surface area contributed by atoms with Gasteiger partial charge in [0.1, 0.15) is 0 Å². The van der Waals surface area contributed by atoms with Crippen molar-refractivity contribution in [2.24, 2.45) is 4.99 Å². The second-order valence-electron chi connectivity index (χ2n) is 5.77. The van der Waals surface area contributed by atoms with Gasteiger partial charge in [-0.1, -0.05) is 30.3 Å². The molecule has 0 saturated carbocycles. The van der Waals surface area contributed by atoms with Crippen LogP contribution in [0.25, 0.3) is 28.0 Å². The van der Waals surface area contributed by atoms with Crippen LogP contribution in [0.4, 0.5) is 0 Å². The molecule has 126 valence electrons. The molecule has 0 fully saturated rings. The minimum atomic E-state index is 0.785. The van der Waals surface area contributed by atoms with Crippen LogP contribution in [0.3, 0.4) is 0 Å². The van der Waals surface area contributed by atoms with Crippen LogP contribution >= 0.6 is 0 Å². The van der Waals surface area contributed by atoms with Gasteiger partial charge in [-0.25, -0.2) is 0 Å². The van der Waals surface area contributed by atoms with Crippen LogP contribution in [0.1, 0.15) is 25.1 Å². The van der Waals surface area contributed by atoms with E-state index in [4.69, 9.17) is 4.98 Å². The molecule has 0 radical (unpaired) electrons. The average molecular weight is 330 g/mol. The smallest absolute Gasteiger partial charge is 0.0705 e. The number of hydrogen-bond donors (Lipinski definition) is 1. The molecule has 4 nitrogen and oxygen atoms in total. The first kappa shape index (κ1) is 16.8. The Morgan fingerprint density at radius 1 is 1.20 bits per heavy atom. The van der Waals surface area contributed by atoms with Crippen LogP contribution in [0.2, 0.25) is 0 Å². The van der Waals surface area contributed by atoms with Gasteiger partial charge in [0.05, 0.1) is 11.9 Å². The van der Waals surface area contributed by atoms with Crippen molar-refractivity contribution in [1.82, 2.24) is 15.2 Å². The van der Waals surface area contributed by atoms with E-state index in [-0.39, 0.29) is 0 Å². The third kappa shape index (κ3) is 3.74. The summed E-state index contributed by atoms with van der Waals surface area (Å²) in [5, 5.41) is 6.86. The van der Waals surface area contributed by atoms with Crippen molar-refractivity contribution in [3.05, 3.63) is 66.1 Å². The normalized spacial score (nSPS) is 12.0. The first-order valence-electron chi connectivity index (χ1n) is 8.46. The number of benzene rings is 1. The number of aliphatic imine (C=N–C) groups is 1. The van der Waals surface area contributed by atoms with Crippen molar-refractivity contribution >= 4 is 11.8 Å². The van der Waals surface area contributed by atoms with Crippen LogP contribution < -0.4 is 0 Å². The molecule has 0 atom stereocenters. The topological polar surface area (TPSA) is 53.9 Å². The maximum absolute atomic E-state index is 4.79. The minimum Gasteiger partial charge on any atom is -0.293 e. The van der Waals surface area contributed by atoms with Crippen molar-refractivity contribution in [3.63, 3.8) is 0 Å². The van der Waals surface area contributed by atoms with Crippen LogP contribution in [-0.4, -0.2) is 27.9 Å². The number of nitrogens with zero attached hydrogens (tertiary/aromatic N) is 3. The van der Waals surface area contributed by atoms with Crippen molar-refractivity contribution in [3.8, 4) is 22.4 Å². The minimum absolute atomic E-state index is 0.785. The lowest BCUT2D eigenvalue weighted by Crippen LogP contribution is -1.92. The van der Waals surface area contributed by atoms with E-state index in [1.807, 2.05) is 39.4 Å². The molecule has 4 heteroatoms. The molecule has 0 aliphatic rings. The third-order valence-corrected chi connectivity index (χ3v) is 4.11. The van der Waals surface area contributed by atoms with Gasteiger partial charge in [0.2, 0.25) is 0 Å². The van der Waals surface area contributed by atoms with E-state index in [0.29, 0.717) is 0 Å². The van der Waals surface area contributed by atoms with Gasteiger partial charge in [-0.05, 0) is 44.0 Å². The van der Waals surface area contributed by atoms with Crippen LogP contribution in [0.5, 0.6) is 0 Å². The summed E-state index contributed by atoms with van der Waals surface area (Å²) in [4.78, 5) is 9.15. The van der Waals surface area contributed by atoms with Crippen molar-refractivity contribution in [2.45, 2.75) is 20.8 Å². The summed E-state index contributed by atoms with van der Waals surface area (Å²) in [5.41, 5.74) is 7.47. The number of hydrogen-bond acceptors (Lipinski definition) is 3. The second kappa shape index (κ2) is 7.71. The Morgan fingerprint density at radius 2 is 2.08 bits per heavy atom. The fourth-order valence-corrected chi connectivity index (χ4v) is 2.79. The van der Waals surface area contributed by atoms with Crippen molar-refractivity contribution in [2.75, 3.05) is 6.54 Å². The van der Waals surface area contributed by atoms with Gasteiger partial charge in [0.25, 0.3) is 0 Å². The van der Waals surface area contributed by atoms with E-state index < -0.39 is 0 Å². The van der Waals surface area contributed by atoms with Crippen LogP contribution in [0, 0.1) is 6.92 Å². The van der Waals surface area contributed by atoms with Crippen LogP contribution in [-0.2, 0) is 0 Å². The Labute approximate surface area is 148 Å². The van der Waals surface area contributed by atoms with E-state index in [9.17, 15) is 0 Å². The molecule has 0 aliphatic carbocycles. The zero-order chi connectivity index (χ0) is 17.6. The molecule has 0 spiro atoms. The highest BCUT2D eigenvalue weighted by atomic mass is 15.1. The number of allylic oxidation sites excluding steroid dienone is 2. The molecule has 0 aliphatic heterocycles. The largest absolute Gasteiger partial charge is 0.293 e. The van der Waals surface area contributed by atoms with Gasteiger partial charge in [0, 0.05) is 41.3 Å². The van der Waals surface area contributed by atoms with Gasteiger partial charge >= 0.3 is 0 Å². The molecule has 0 unspecified atom stereocenters. The summed E-state index contributed by atoms with van der Waals surface area (Å²) in [6.07, 6.45) is 7.71. The van der Waals surface area contributed by atoms with Gasteiger partial charge in [-0.2, -0.15) is 5.10 Å². The molecule has 3 rings (SSSR count). The van der Waals surface area contributed by atoms with Crippen LogP contribution in [0.15, 0.2) is 59.9 Å². The molecule has 0 bridgehead atoms. The Kier molecular flexibility index (Phi) is 5.19. The summed E-state index contributed by atoms with van der Waals surface area (Å²) in [7, 11) is 0. The monoisotopic (exact) mass is 330 g/mol. The number of aryl methyl sites for hydroxylation is 1. The predicted molar refractivity (Wildman–Crippen MR) is 105 cm³/mol. The van der Waals surface area contributed by atoms with E-state index in [1.165, 1.54) is 0 Å². The second-order valence-corrected chi connectivity index (χ2v) is 5.77. The highest BCUT2D eigenvalue weighted by Crippen LogP contribution is 2.26. The Hall–Kier alpha value is -3.01. The lowest BCUT2D eigenvalue weighted by atomic mass is 10.0. The number of aromatic nitrogens is 3. The summed E-state index contributed by atoms with van der Waals surface area (Å²) in [6.45, 7) is 6.88. The zero-order valence-electron chi connectivity index (χ0n) is 14.8. The highest BCUT2D eigenvalue weighted by Gasteiger charge is 2.08. The quantitative estimate of drug-likeness (QED) is 0.674. The van der Waals surface area contributed by atoms with Gasteiger partial charge < -0.3 is 0 Å². The summed E-state index contributed by atoms with van der Waals surface area (Å²) in [5.74, 6) is 0. The highest BCUT2D eigenvalue weighted by molar-refractivity contribution is 6.10. The third-order valence-electron chi connectivity index (χ3n) is 4.11. The number of H-pyrrole nitrogens is 1. The number of aromatic amines is 1. The van der Waals surface area contributed by atoms with Gasteiger partial charge in [0.15, 0.2) is 0 Å². The molecule has 2 heterocycles. The number of pyridine rings is 1. The first-order valence-corrected chi connectivity index (χ1v) is 8.46. The van der Waals surface area contributed by atoms with E-state index >= 15 is 0 Å². The van der Waals surface area contributed by atoms with E-state index in [0.717, 1.165) is 45.8 Å². The molecule has 1 N–H and O–H groups in total. The maximum Gasteiger partial charge on any atom is 0.0705 e. The lowest BCUT2D eigenvalue weighted by Gasteiger charge is -2.09. The zero-order valence-corrected chi connectivity index (χ0v) is 14.8. The molecule has 3 aromatic rings. The lowest BCUT2D eigenvalue weighted by molar-refractivity contribution is 1.09. The molecule has 2 aromatic heterocycles. The Morgan fingerprint density at radius 3 is 2.76 bits per heavy atom. The van der Waals surface area contributed by atoms with Crippen molar-refractivity contribution < 1.29 is 0 Å². The Bertz CT molecular complexity index is 905. The summed E-state index contributed by atoms with van der Waals surface area (Å²) >= 11 is 0. The first-order chi connectivity index (χ1) is 12.2. The average Bonchev–Trinajstić information content (AvgIpc) is 3.17. The molecule has 1 aromatic carbocycles.